The lowest BCUT2D eigenvalue weighted by atomic mass is 9.78. The van der Waals surface area contributed by atoms with Crippen LogP contribution in [0.25, 0.3) is 21.5 Å². The second-order valence-corrected chi connectivity index (χ2v) is 8.40. The smallest absolute Gasteiger partial charge is 0.260 e. The van der Waals surface area contributed by atoms with Crippen LogP contribution in [0.2, 0.25) is 0 Å². The molecule has 26 heavy (non-hydrogen) atoms. The van der Waals surface area contributed by atoms with E-state index in [9.17, 15) is 4.79 Å². The highest BCUT2D eigenvalue weighted by Gasteiger charge is 2.33. The van der Waals surface area contributed by atoms with Gasteiger partial charge in [-0.25, -0.2) is 4.98 Å². The van der Waals surface area contributed by atoms with E-state index in [0.717, 1.165) is 41.0 Å². The number of rotatable bonds is 3. The average molecular weight is 369 g/mol. The van der Waals surface area contributed by atoms with E-state index in [0.29, 0.717) is 11.4 Å². The van der Waals surface area contributed by atoms with Crippen molar-refractivity contribution >= 4 is 21.6 Å². The standard InChI is InChI=1S/C20H23N3O2S/c24-19-18-14(16-8-4-10-25-16)12-26-20(18)22-17(21-19)11-23-9-3-6-13-5-1-2-7-15(13)23/h4,8,10,12-13,15H,1-3,5-7,9,11H2,(H,21,22,24)/t13-,15+/m1/s1. The molecule has 0 amide bonds. The van der Waals surface area contributed by atoms with Gasteiger partial charge >= 0.3 is 0 Å². The van der Waals surface area contributed by atoms with Gasteiger partial charge in [-0.15, -0.1) is 11.3 Å². The molecular formula is C20H23N3O2S. The van der Waals surface area contributed by atoms with Crippen molar-refractivity contribution in [2.75, 3.05) is 6.54 Å². The van der Waals surface area contributed by atoms with Crippen molar-refractivity contribution in [3.05, 3.63) is 40.0 Å². The molecule has 2 atom stereocenters. The summed E-state index contributed by atoms with van der Waals surface area (Å²) in [6.07, 6.45) is 9.61. The molecule has 0 bridgehead atoms. The van der Waals surface area contributed by atoms with Gasteiger partial charge in [-0.1, -0.05) is 12.8 Å². The van der Waals surface area contributed by atoms with Crippen LogP contribution in [0.15, 0.2) is 33.0 Å². The van der Waals surface area contributed by atoms with Crippen LogP contribution >= 0.6 is 11.3 Å². The third kappa shape index (κ3) is 2.81. The molecule has 136 valence electrons. The number of piperidine rings is 1. The molecule has 1 saturated heterocycles. The molecule has 1 saturated carbocycles. The first-order chi connectivity index (χ1) is 12.8. The zero-order valence-corrected chi connectivity index (χ0v) is 15.6. The lowest BCUT2D eigenvalue weighted by Gasteiger charge is -2.43. The number of nitrogens with zero attached hydrogens (tertiary/aromatic N) is 2. The number of aromatic nitrogens is 2. The number of furan rings is 1. The Morgan fingerprint density at radius 3 is 3.04 bits per heavy atom. The zero-order valence-electron chi connectivity index (χ0n) is 14.7. The number of nitrogens with one attached hydrogen (secondary N) is 1. The van der Waals surface area contributed by atoms with Gasteiger partial charge in [-0.2, -0.15) is 0 Å². The second kappa shape index (κ2) is 6.67. The molecule has 0 radical (unpaired) electrons. The molecule has 2 aliphatic rings. The summed E-state index contributed by atoms with van der Waals surface area (Å²) in [5.41, 5.74) is 0.774. The summed E-state index contributed by atoms with van der Waals surface area (Å²) in [6, 6.07) is 4.39. The SMILES string of the molecule is O=c1[nH]c(CN2CCC[C@H]3CCCC[C@@H]32)nc2scc(-c3ccco3)c12. The van der Waals surface area contributed by atoms with Crippen LogP contribution in [0.3, 0.4) is 0 Å². The monoisotopic (exact) mass is 369 g/mol. The Labute approximate surface area is 156 Å². The third-order valence-electron chi connectivity index (χ3n) is 5.99. The normalized spacial score (nSPS) is 24.0. The summed E-state index contributed by atoms with van der Waals surface area (Å²) < 4.78 is 5.47. The largest absolute Gasteiger partial charge is 0.464 e. The lowest BCUT2D eigenvalue weighted by molar-refractivity contribution is 0.0527. The predicted molar refractivity (Wildman–Crippen MR) is 103 cm³/mol. The van der Waals surface area contributed by atoms with Gasteiger partial charge in [-0.3, -0.25) is 9.69 Å². The Balaban J connectivity index is 1.46. The Morgan fingerprint density at radius 1 is 1.27 bits per heavy atom. The molecule has 2 fully saturated rings. The van der Waals surface area contributed by atoms with E-state index in [-0.39, 0.29) is 5.56 Å². The highest BCUT2D eigenvalue weighted by atomic mass is 32.1. The third-order valence-corrected chi connectivity index (χ3v) is 6.86. The quantitative estimate of drug-likeness (QED) is 0.743. The molecule has 6 heteroatoms. The number of thiophene rings is 1. The van der Waals surface area contributed by atoms with Crippen molar-refractivity contribution in [1.82, 2.24) is 14.9 Å². The molecule has 5 nitrogen and oxygen atoms in total. The second-order valence-electron chi connectivity index (χ2n) is 7.54. The van der Waals surface area contributed by atoms with E-state index < -0.39 is 0 Å². The average Bonchev–Trinajstić information content (AvgIpc) is 3.31. The van der Waals surface area contributed by atoms with Crippen LogP contribution in [0, 0.1) is 5.92 Å². The number of fused-ring (bicyclic) bond motifs is 2. The van der Waals surface area contributed by atoms with E-state index in [2.05, 4.69) is 9.88 Å². The summed E-state index contributed by atoms with van der Waals surface area (Å²) in [4.78, 5) is 23.9. The summed E-state index contributed by atoms with van der Waals surface area (Å²) in [5.74, 6) is 2.35. The van der Waals surface area contributed by atoms with Gasteiger partial charge in [0.2, 0.25) is 0 Å². The Morgan fingerprint density at radius 2 is 2.15 bits per heavy atom. The van der Waals surface area contributed by atoms with Crippen LogP contribution in [0.5, 0.6) is 0 Å². The lowest BCUT2D eigenvalue weighted by Crippen LogP contribution is -2.46. The Kier molecular flexibility index (Phi) is 4.17. The molecule has 0 spiro atoms. The molecule has 0 unspecified atom stereocenters. The van der Waals surface area contributed by atoms with Gasteiger partial charge in [-0.05, 0) is 50.3 Å². The maximum atomic E-state index is 12.8. The first-order valence-electron chi connectivity index (χ1n) is 9.58. The minimum absolute atomic E-state index is 0.0603. The summed E-state index contributed by atoms with van der Waals surface area (Å²) in [6.45, 7) is 1.87. The van der Waals surface area contributed by atoms with Gasteiger partial charge < -0.3 is 9.40 Å². The summed E-state index contributed by atoms with van der Waals surface area (Å²) in [5, 5.41) is 2.61. The minimum atomic E-state index is -0.0603. The molecule has 1 aliphatic heterocycles. The van der Waals surface area contributed by atoms with Gasteiger partial charge in [0, 0.05) is 17.0 Å². The van der Waals surface area contributed by atoms with Crippen LogP contribution in [-0.2, 0) is 6.54 Å². The number of H-pyrrole nitrogens is 1. The molecule has 4 heterocycles. The fourth-order valence-corrected chi connectivity index (χ4v) is 5.75. The Bertz CT molecular complexity index is 957. The number of likely N-dealkylation sites (tertiary alicyclic amines) is 1. The van der Waals surface area contributed by atoms with Gasteiger partial charge in [0.1, 0.15) is 16.4 Å². The maximum Gasteiger partial charge on any atom is 0.260 e. The van der Waals surface area contributed by atoms with Gasteiger partial charge in [0.25, 0.3) is 5.56 Å². The van der Waals surface area contributed by atoms with E-state index >= 15 is 0 Å². The van der Waals surface area contributed by atoms with Crippen molar-refractivity contribution in [1.29, 1.82) is 0 Å². The molecule has 1 N–H and O–H groups in total. The van der Waals surface area contributed by atoms with E-state index in [4.69, 9.17) is 9.40 Å². The van der Waals surface area contributed by atoms with Crippen molar-refractivity contribution in [3.63, 3.8) is 0 Å². The summed E-state index contributed by atoms with van der Waals surface area (Å²) >= 11 is 1.52. The highest BCUT2D eigenvalue weighted by molar-refractivity contribution is 7.17. The van der Waals surface area contributed by atoms with Crippen molar-refractivity contribution in [2.24, 2.45) is 5.92 Å². The van der Waals surface area contributed by atoms with Gasteiger partial charge in [0.15, 0.2) is 0 Å². The molecule has 3 aromatic heterocycles. The fraction of sp³-hybridized carbons (Fsp3) is 0.500. The predicted octanol–water partition coefficient (Wildman–Crippen LogP) is 4.40. The van der Waals surface area contributed by atoms with Crippen molar-refractivity contribution < 1.29 is 4.42 Å². The molecular weight excluding hydrogens is 346 g/mol. The number of hydrogen-bond acceptors (Lipinski definition) is 5. The summed E-state index contributed by atoms with van der Waals surface area (Å²) in [7, 11) is 0. The van der Waals surface area contributed by atoms with Crippen LogP contribution in [0.1, 0.15) is 44.3 Å². The fourth-order valence-electron chi connectivity index (χ4n) is 4.80. The number of aromatic amines is 1. The van der Waals surface area contributed by atoms with Crippen molar-refractivity contribution in [3.8, 4) is 11.3 Å². The maximum absolute atomic E-state index is 12.8. The molecule has 5 rings (SSSR count). The minimum Gasteiger partial charge on any atom is -0.464 e. The first kappa shape index (κ1) is 16.3. The first-order valence-corrected chi connectivity index (χ1v) is 10.5. The van der Waals surface area contributed by atoms with Crippen LogP contribution in [-0.4, -0.2) is 27.5 Å². The number of hydrogen-bond donors (Lipinski definition) is 1. The Hall–Kier alpha value is -1.92. The van der Waals surface area contributed by atoms with Crippen molar-refractivity contribution in [2.45, 2.75) is 51.1 Å². The van der Waals surface area contributed by atoms with Crippen LogP contribution in [0.4, 0.5) is 0 Å². The zero-order chi connectivity index (χ0) is 17.5. The van der Waals surface area contributed by atoms with E-state index in [1.165, 1.54) is 49.9 Å². The van der Waals surface area contributed by atoms with E-state index in [1.54, 1.807) is 6.26 Å². The van der Waals surface area contributed by atoms with E-state index in [1.807, 2.05) is 17.5 Å². The van der Waals surface area contributed by atoms with Crippen LogP contribution < -0.4 is 5.56 Å². The molecule has 1 aliphatic carbocycles. The topological polar surface area (TPSA) is 62.1 Å². The molecule has 0 aromatic carbocycles. The highest BCUT2D eigenvalue weighted by Crippen LogP contribution is 2.36. The molecule has 3 aromatic rings. The van der Waals surface area contributed by atoms with Gasteiger partial charge in [0.05, 0.1) is 18.2 Å².